The van der Waals surface area contributed by atoms with Crippen LogP contribution >= 0.6 is 0 Å². The Balaban J connectivity index is 1.98. The third-order valence-corrected chi connectivity index (χ3v) is 5.22. The highest BCUT2D eigenvalue weighted by atomic mass is 16.4. The normalized spacial score (nSPS) is 18.5. The first-order chi connectivity index (χ1) is 12.9. The summed E-state index contributed by atoms with van der Waals surface area (Å²) in [5, 5.41) is 3.13. The van der Waals surface area contributed by atoms with Crippen LogP contribution in [0.3, 0.4) is 0 Å². The van der Waals surface area contributed by atoms with Gasteiger partial charge in [0.2, 0.25) is 0 Å². The summed E-state index contributed by atoms with van der Waals surface area (Å²) in [5.41, 5.74) is 2.41. The third kappa shape index (κ3) is 4.01. The fourth-order valence-corrected chi connectivity index (χ4v) is 3.86. The van der Waals surface area contributed by atoms with Gasteiger partial charge in [-0.1, -0.05) is 34.6 Å². The SMILES string of the molecule is Cc1cc(=O)oc(C)c1C(=O)NC1CC(C)(C)Cc2nc(C(C)(C)C)ncc21. The number of rotatable bonds is 2. The Morgan fingerprint density at radius 1 is 1.29 bits per heavy atom. The summed E-state index contributed by atoms with van der Waals surface area (Å²) in [5.74, 6) is 0.898. The molecular weight excluding hydrogens is 354 g/mol. The van der Waals surface area contributed by atoms with E-state index in [4.69, 9.17) is 9.40 Å². The standard InChI is InChI=1S/C22H29N3O3/c1-12-8-17(26)28-13(2)18(12)19(27)24-15-9-22(6,7)10-16-14(15)11-23-20(25-16)21(3,4)5/h8,11,15H,9-10H2,1-7H3,(H,24,27). The number of hydrogen-bond donors (Lipinski definition) is 1. The Labute approximate surface area is 165 Å². The van der Waals surface area contributed by atoms with Gasteiger partial charge in [-0.3, -0.25) is 4.79 Å². The van der Waals surface area contributed by atoms with E-state index in [1.54, 1.807) is 13.8 Å². The highest BCUT2D eigenvalue weighted by molar-refractivity contribution is 5.96. The minimum Gasteiger partial charge on any atom is -0.427 e. The molecule has 1 unspecified atom stereocenters. The third-order valence-electron chi connectivity index (χ3n) is 5.22. The number of fused-ring (bicyclic) bond motifs is 1. The first kappa shape index (κ1) is 20.2. The fourth-order valence-electron chi connectivity index (χ4n) is 3.86. The van der Waals surface area contributed by atoms with Crippen LogP contribution in [0.4, 0.5) is 0 Å². The van der Waals surface area contributed by atoms with Crippen molar-refractivity contribution in [3.8, 4) is 0 Å². The van der Waals surface area contributed by atoms with Gasteiger partial charge >= 0.3 is 5.63 Å². The first-order valence-corrected chi connectivity index (χ1v) is 9.66. The summed E-state index contributed by atoms with van der Waals surface area (Å²) >= 11 is 0. The summed E-state index contributed by atoms with van der Waals surface area (Å²) in [6.07, 6.45) is 3.49. The molecule has 3 rings (SSSR count). The predicted molar refractivity (Wildman–Crippen MR) is 107 cm³/mol. The van der Waals surface area contributed by atoms with E-state index in [0.29, 0.717) is 16.9 Å². The molecule has 0 fully saturated rings. The number of carbonyl (C=O) groups excluding carboxylic acids is 1. The number of amides is 1. The molecule has 1 aliphatic rings. The topological polar surface area (TPSA) is 85.1 Å². The van der Waals surface area contributed by atoms with Gasteiger partial charge in [0.15, 0.2) is 0 Å². The van der Waals surface area contributed by atoms with Crippen LogP contribution in [-0.4, -0.2) is 15.9 Å². The van der Waals surface area contributed by atoms with E-state index in [-0.39, 0.29) is 22.8 Å². The maximum absolute atomic E-state index is 13.0. The molecule has 1 amide bonds. The second-order valence-electron chi connectivity index (χ2n) is 9.60. The summed E-state index contributed by atoms with van der Waals surface area (Å²) in [6, 6.07) is 1.16. The van der Waals surface area contributed by atoms with Crippen molar-refractivity contribution in [2.75, 3.05) is 0 Å². The van der Waals surface area contributed by atoms with E-state index in [2.05, 4.69) is 44.9 Å². The molecule has 6 nitrogen and oxygen atoms in total. The summed E-state index contributed by atoms with van der Waals surface area (Å²) in [4.78, 5) is 33.9. The Bertz CT molecular complexity index is 957. The molecule has 2 heterocycles. The first-order valence-electron chi connectivity index (χ1n) is 9.66. The smallest absolute Gasteiger partial charge is 0.336 e. The minimum atomic E-state index is -0.446. The molecule has 0 aliphatic heterocycles. The van der Waals surface area contributed by atoms with Gasteiger partial charge in [-0.15, -0.1) is 0 Å². The van der Waals surface area contributed by atoms with Crippen molar-refractivity contribution < 1.29 is 9.21 Å². The van der Waals surface area contributed by atoms with Crippen molar-refractivity contribution in [2.24, 2.45) is 5.41 Å². The van der Waals surface area contributed by atoms with Gasteiger partial charge in [-0.2, -0.15) is 0 Å². The number of aromatic nitrogens is 2. The lowest BCUT2D eigenvalue weighted by molar-refractivity contribution is 0.0914. The highest BCUT2D eigenvalue weighted by Crippen LogP contribution is 2.40. The van der Waals surface area contributed by atoms with Gasteiger partial charge in [0.05, 0.1) is 11.6 Å². The lowest BCUT2D eigenvalue weighted by atomic mass is 9.74. The van der Waals surface area contributed by atoms with Crippen LogP contribution in [0.1, 0.15) is 85.8 Å². The molecule has 2 aromatic heterocycles. The van der Waals surface area contributed by atoms with Gasteiger partial charge in [0.1, 0.15) is 11.6 Å². The molecular formula is C22H29N3O3. The van der Waals surface area contributed by atoms with Crippen molar-refractivity contribution in [3.05, 3.63) is 56.7 Å². The van der Waals surface area contributed by atoms with Gasteiger partial charge in [0.25, 0.3) is 5.91 Å². The van der Waals surface area contributed by atoms with E-state index in [0.717, 1.165) is 29.9 Å². The molecule has 6 heteroatoms. The molecule has 28 heavy (non-hydrogen) atoms. The van der Waals surface area contributed by atoms with Gasteiger partial charge in [-0.05, 0) is 37.7 Å². The van der Waals surface area contributed by atoms with Gasteiger partial charge in [0, 0.05) is 28.9 Å². The molecule has 0 bridgehead atoms. The second-order valence-corrected chi connectivity index (χ2v) is 9.60. The van der Waals surface area contributed by atoms with Crippen molar-refractivity contribution in [1.82, 2.24) is 15.3 Å². The summed E-state index contributed by atoms with van der Waals surface area (Å²) in [7, 11) is 0. The average molecular weight is 383 g/mol. The monoisotopic (exact) mass is 383 g/mol. The molecule has 1 atom stereocenters. The van der Waals surface area contributed by atoms with Gasteiger partial charge < -0.3 is 9.73 Å². The van der Waals surface area contributed by atoms with Crippen LogP contribution in [-0.2, 0) is 11.8 Å². The summed E-state index contributed by atoms with van der Waals surface area (Å²) in [6.45, 7) is 14.0. The highest BCUT2D eigenvalue weighted by Gasteiger charge is 2.35. The van der Waals surface area contributed by atoms with Crippen LogP contribution in [0, 0.1) is 19.3 Å². The zero-order valence-corrected chi connectivity index (χ0v) is 17.8. The van der Waals surface area contributed by atoms with E-state index in [1.807, 2.05) is 6.20 Å². The van der Waals surface area contributed by atoms with Crippen LogP contribution in [0.15, 0.2) is 21.5 Å². The molecule has 0 saturated heterocycles. The van der Waals surface area contributed by atoms with Crippen LogP contribution < -0.4 is 10.9 Å². The van der Waals surface area contributed by atoms with E-state index in [9.17, 15) is 9.59 Å². The van der Waals surface area contributed by atoms with Crippen molar-refractivity contribution in [1.29, 1.82) is 0 Å². The van der Waals surface area contributed by atoms with Crippen molar-refractivity contribution in [3.63, 3.8) is 0 Å². The van der Waals surface area contributed by atoms with Crippen LogP contribution in [0.2, 0.25) is 0 Å². The van der Waals surface area contributed by atoms with Crippen LogP contribution in [0.5, 0.6) is 0 Å². The Morgan fingerprint density at radius 3 is 2.57 bits per heavy atom. The molecule has 0 radical (unpaired) electrons. The molecule has 1 aliphatic carbocycles. The molecule has 0 aromatic carbocycles. The maximum Gasteiger partial charge on any atom is 0.336 e. The van der Waals surface area contributed by atoms with E-state index < -0.39 is 5.63 Å². The quantitative estimate of drug-likeness (QED) is 0.853. The molecule has 0 saturated carbocycles. The minimum absolute atomic E-state index is 0.00178. The Kier molecular flexibility index (Phi) is 4.94. The molecule has 0 spiro atoms. The maximum atomic E-state index is 13.0. The number of carbonyl (C=O) groups is 1. The fraction of sp³-hybridized carbons (Fsp3) is 0.545. The van der Waals surface area contributed by atoms with E-state index in [1.165, 1.54) is 6.07 Å². The number of aryl methyl sites for hydroxylation is 2. The summed E-state index contributed by atoms with van der Waals surface area (Å²) < 4.78 is 5.12. The number of hydrogen-bond acceptors (Lipinski definition) is 5. The zero-order valence-electron chi connectivity index (χ0n) is 17.8. The van der Waals surface area contributed by atoms with Crippen molar-refractivity contribution >= 4 is 5.91 Å². The molecule has 1 N–H and O–H groups in total. The Morgan fingerprint density at radius 2 is 1.96 bits per heavy atom. The van der Waals surface area contributed by atoms with Crippen LogP contribution in [0.25, 0.3) is 0 Å². The second kappa shape index (κ2) is 6.83. The van der Waals surface area contributed by atoms with Crippen molar-refractivity contribution in [2.45, 2.75) is 72.8 Å². The number of nitrogens with zero attached hydrogens (tertiary/aromatic N) is 2. The zero-order chi connectivity index (χ0) is 20.9. The Hall–Kier alpha value is -2.50. The van der Waals surface area contributed by atoms with E-state index >= 15 is 0 Å². The predicted octanol–water partition coefficient (Wildman–Crippen LogP) is 3.79. The molecule has 2 aromatic rings. The molecule has 150 valence electrons. The largest absolute Gasteiger partial charge is 0.427 e. The van der Waals surface area contributed by atoms with Gasteiger partial charge in [-0.25, -0.2) is 14.8 Å². The lowest BCUT2D eigenvalue weighted by Crippen LogP contribution is -2.38. The lowest BCUT2D eigenvalue weighted by Gasteiger charge is -2.37. The number of nitrogens with one attached hydrogen (secondary N) is 1. The average Bonchev–Trinajstić information content (AvgIpc) is 2.51.